The van der Waals surface area contributed by atoms with Gasteiger partial charge in [0, 0.05) is 13.1 Å². The van der Waals surface area contributed by atoms with Crippen molar-refractivity contribution in [2.45, 2.75) is 45.1 Å². The summed E-state index contributed by atoms with van der Waals surface area (Å²) in [4.78, 5) is 11.8. The van der Waals surface area contributed by atoms with Crippen molar-refractivity contribution in [3.05, 3.63) is 12.2 Å². The fraction of sp³-hybridized carbons (Fsp3) is 0.769. The third-order valence-corrected chi connectivity index (χ3v) is 3.90. The van der Waals surface area contributed by atoms with Crippen LogP contribution in [0.25, 0.3) is 0 Å². The second kappa shape index (κ2) is 6.41. The van der Waals surface area contributed by atoms with Crippen LogP contribution in [0.4, 0.5) is 0 Å². The summed E-state index contributed by atoms with van der Waals surface area (Å²) >= 11 is 0. The highest BCUT2D eigenvalue weighted by molar-refractivity contribution is 5.85. The van der Waals surface area contributed by atoms with Crippen LogP contribution >= 0.6 is 12.4 Å². The summed E-state index contributed by atoms with van der Waals surface area (Å²) in [6.45, 7) is 3.91. The van der Waals surface area contributed by atoms with Gasteiger partial charge in [-0.05, 0) is 24.7 Å². The van der Waals surface area contributed by atoms with E-state index < -0.39 is 0 Å². The van der Waals surface area contributed by atoms with E-state index in [1.807, 2.05) is 12.2 Å². The van der Waals surface area contributed by atoms with Crippen molar-refractivity contribution in [3.63, 3.8) is 0 Å². The molecule has 1 unspecified atom stereocenters. The third-order valence-electron chi connectivity index (χ3n) is 3.90. The molecule has 1 heterocycles. The van der Waals surface area contributed by atoms with Crippen molar-refractivity contribution in [1.29, 1.82) is 0 Å². The molecule has 0 aromatic rings. The van der Waals surface area contributed by atoms with E-state index in [9.17, 15) is 4.79 Å². The molecule has 1 saturated carbocycles. The van der Waals surface area contributed by atoms with E-state index in [1.54, 1.807) is 0 Å². The van der Waals surface area contributed by atoms with Gasteiger partial charge in [-0.25, -0.2) is 0 Å². The second-order valence-corrected chi connectivity index (χ2v) is 5.14. The van der Waals surface area contributed by atoms with Crippen molar-refractivity contribution in [2.24, 2.45) is 5.41 Å². The predicted octanol–water partition coefficient (Wildman–Crippen LogP) is 2.02. The summed E-state index contributed by atoms with van der Waals surface area (Å²) in [5, 5.41) is 6.24. The Kier molecular flexibility index (Phi) is 5.47. The topological polar surface area (TPSA) is 41.1 Å². The van der Waals surface area contributed by atoms with Crippen LogP contribution < -0.4 is 10.6 Å². The largest absolute Gasteiger partial charge is 0.354 e. The first-order valence-corrected chi connectivity index (χ1v) is 6.43. The van der Waals surface area contributed by atoms with Crippen LogP contribution in [-0.4, -0.2) is 25.0 Å². The summed E-state index contributed by atoms with van der Waals surface area (Å²) in [6.07, 6.45) is 10.3. The van der Waals surface area contributed by atoms with Crippen LogP contribution in [0.2, 0.25) is 0 Å². The number of hydrogen-bond donors (Lipinski definition) is 2. The highest BCUT2D eigenvalue weighted by Crippen LogP contribution is 2.44. The van der Waals surface area contributed by atoms with E-state index in [4.69, 9.17) is 0 Å². The molecule has 1 aliphatic carbocycles. The van der Waals surface area contributed by atoms with E-state index in [2.05, 4.69) is 17.6 Å². The Bertz CT molecular complexity index is 287. The van der Waals surface area contributed by atoms with Gasteiger partial charge in [-0.3, -0.25) is 10.1 Å². The van der Waals surface area contributed by atoms with Crippen molar-refractivity contribution in [1.82, 2.24) is 10.6 Å². The molecule has 0 aromatic carbocycles. The van der Waals surface area contributed by atoms with Gasteiger partial charge in [0.2, 0.25) is 5.91 Å². The Labute approximate surface area is 110 Å². The van der Waals surface area contributed by atoms with Gasteiger partial charge in [-0.1, -0.05) is 31.9 Å². The van der Waals surface area contributed by atoms with Gasteiger partial charge >= 0.3 is 0 Å². The fourth-order valence-corrected chi connectivity index (χ4v) is 2.75. The monoisotopic (exact) mass is 258 g/mol. The summed E-state index contributed by atoms with van der Waals surface area (Å²) in [5.41, 5.74) is 0.423. The first-order valence-electron chi connectivity index (χ1n) is 6.43. The van der Waals surface area contributed by atoms with Gasteiger partial charge in [-0.15, -0.1) is 12.4 Å². The number of halogens is 1. The van der Waals surface area contributed by atoms with Crippen LogP contribution in [0.15, 0.2) is 12.2 Å². The van der Waals surface area contributed by atoms with E-state index >= 15 is 0 Å². The molecular formula is C13H23ClN2O. The normalized spacial score (nSPS) is 24.9. The number of nitrogens with one attached hydrogen (secondary N) is 2. The van der Waals surface area contributed by atoms with Crippen molar-refractivity contribution in [3.8, 4) is 0 Å². The molecule has 0 aromatic heterocycles. The minimum Gasteiger partial charge on any atom is -0.354 e. The number of amides is 1. The Hall–Kier alpha value is -0.540. The first-order chi connectivity index (χ1) is 7.76. The summed E-state index contributed by atoms with van der Waals surface area (Å²) < 4.78 is 0. The number of carbonyl (C=O) groups is 1. The second-order valence-electron chi connectivity index (χ2n) is 5.14. The molecule has 2 N–H and O–H groups in total. The molecule has 1 amide bonds. The molecule has 0 spiro atoms. The predicted molar refractivity (Wildman–Crippen MR) is 72.4 cm³/mol. The summed E-state index contributed by atoms with van der Waals surface area (Å²) in [7, 11) is 0. The maximum Gasteiger partial charge on any atom is 0.241 e. The van der Waals surface area contributed by atoms with E-state index in [0.717, 1.165) is 13.1 Å². The highest BCUT2D eigenvalue weighted by atomic mass is 35.5. The molecule has 2 aliphatic rings. The Morgan fingerprint density at radius 3 is 2.76 bits per heavy atom. The molecule has 17 heavy (non-hydrogen) atoms. The van der Waals surface area contributed by atoms with Crippen molar-refractivity contribution >= 4 is 18.3 Å². The lowest BCUT2D eigenvalue weighted by atomic mass is 9.66. The minimum absolute atomic E-state index is 0. The van der Waals surface area contributed by atoms with Crippen LogP contribution in [-0.2, 0) is 4.79 Å². The van der Waals surface area contributed by atoms with Gasteiger partial charge in [0.15, 0.2) is 0 Å². The highest BCUT2D eigenvalue weighted by Gasteiger charge is 2.36. The van der Waals surface area contributed by atoms with Gasteiger partial charge in [0.25, 0.3) is 0 Å². The molecular weight excluding hydrogens is 236 g/mol. The molecule has 98 valence electrons. The zero-order valence-corrected chi connectivity index (χ0v) is 11.3. The van der Waals surface area contributed by atoms with Crippen molar-refractivity contribution < 1.29 is 4.79 Å². The molecule has 0 saturated heterocycles. The van der Waals surface area contributed by atoms with Crippen LogP contribution in [0, 0.1) is 5.41 Å². The molecule has 1 atom stereocenters. The summed E-state index contributed by atoms with van der Waals surface area (Å²) in [5.74, 6) is 0.135. The quantitative estimate of drug-likeness (QED) is 0.741. The fourth-order valence-electron chi connectivity index (χ4n) is 2.75. The average molecular weight is 259 g/mol. The van der Waals surface area contributed by atoms with Crippen LogP contribution in [0.3, 0.4) is 0 Å². The maximum atomic E-state index is 11.8. The number of hydrogen-bond acceptors (Lipinski definition) is 2. The maximum absolute atomic E-state index is 11.8. The van der Waals surface area contributed by atoms with E-state index in [0.29, 0.717) is 5.41 Å². The number of carbonyl (C=O) groups excluding carboxylic acids is 1. The lowest BCUT2D eigenvalue weighted by molar-refractivity contribution is -0.122. The Balaban J connectivity index is 0.00000144. The lowest BCUT2D eigenvalue weighted by Crippen LogP contribution is -2.47. The van der Waals surface area contributed by atoms with Gasteiger partial charge in [0.05, 0.1) is 0 Å². The molecule has 2 rings (SSSR count). The Morgan fingerprint density at radius 2 is 2.29 bits per heavy atom. The number of rotatable bonds is 5. The first kappa shape index (κ1) is 14.5. The average Bonchev–Trinajstić information content (AvgIpc) is 2.74. The SMILES string of the molecule is CCCC1(CNC(=O)C2C=CCN2)CCC1.Cl. The minimum atomic E-state index is -0.0984. The lowest BCUT2D eigenvalue weighted by Gasteiger charge is -2.42. The molecule has 3 nitrogen and oxygen atoms in total. The van der Waals surface area contributed by atoms with Gasteiger partial charge < -0.3 is 5.32 Å². The van der Waals surface area contributed by atoms with Crippen LogP contribution in [0.5, 0.6) is 0 Å². The molecule has 1 fully saturated rings. The molecule has 4 heteroatoms. The molecule has 0 radical (unpaired) electrons. The van der Waals surface area contributed by atoms with Crippen molar-refractivity contribution in [2.75, 3.05) is 13.1 Å². The van der Waals surface area contributed by atoms with E-state index in [-0.39, 0.29) is 24.4 Å². The zero-order chi connectivity index (χ0) is 11.4. The Morgan fingerprint density at radius 1 is 1.53 bits per heavy atom. The smallest absolute Gasteiger partial charge is 0.241 e. The molecule has 1 aliphatic heterocycles. The summed E-state index contributed by atoms with van der Waals surface area (Å²) in [6, 6.07) is -0.0984. The van der Waals surface area contributed by atoms with E-state index in [1.165, 1.54) is 32.1 Å². The third kappa shape index (κ3) is 3.46. The zero-order valence-electron chi connectivity index (χ0n) is 10.5. The van der Waals surface area contributed by atoms with Gasteiger partial charge in [-0.2, -0.15) is 0 Å². The van der Waals surface area contributed by atoms with Crippen LogP contribution in [0.1, 0.15) is 39.0 Å². The molecule has 0 bridgehead atoms. The van der Waals surface area contributed by atoms with Gasteiger partial charge in [0.1, 0.15) is 6.04 Å². The standard InChI is InChI=1S/C13H22N2O.ClH/c1-2-6-13(7-4-8-13)10-15-12(16)11-5-3-9-14-11;/h3,5,11,14H,2,4,6-10H2,1H3,(H,15,16);1H.